The molecule has 0 aromatic heterocycles. The van der Waals surface area contributed by atoms with E-state index in [1.165, 1.54) is 14.2 Å². The molecule has 4 atom stereocenters. The average Bonchev–Trinajstić information content (AvgIpc) is 2.88. The first-order chi connectivity index (χ1) is 7.67. The van der Waals surface area contributed by atoms with Crippen molar-refractivity contribution in [2.45, 2.75) is 31.5 Å². The summed E-state index contributed by atoms with van der Waals surface area (Å²) in [6, 6.07) is 0. The van der Waals surface area contributed by atoms with Crippen LogP contribution in [0.4, 0.5) is 0 Å². The molecule has 5 nitrogen and oxygen atoms in total. The van der Waals surface area contributed by atoms with Crippen LogP contribution in [0, 0.1) is 11.8 Å². The molecule has 2 saturated heterocycles. The lowest BCUT2D eigenvalue weighted by atomic mass is 9.77. The molecule has 2 fully saturated rings. The fraction of sp³-hybridized carbons (Fsp3) is 0.818. The van der Waals surface area contributed by atoms with E-state index in [0.717, 1.165) is 12.8 Å². The maximum atomic E-state index is 11.6. The van der Waals surface area contributed by atoms with E-state index in [1.807, 2.05) is 0 Å². The lowest BCUT2D eigenvalue weighted by Crippen LogP contribution is -2.35. The van der Waals surface area contributed by atoms with Crippen molar-refractivity contribution in [2.75, 3.05) is 14.2 Å². The van der Waals surface area contributed by atoms with Crippen LogP contribution in [0.15, 0.2) is 0 Å². The Balaban J connectivity index is 2.08. The number of methoxy groups -OCH3 is 2. The van der Waals surface area contributed by atoms with E-state index in [2.05, 4.69) is 4.74 Å². The van der Waals surface area contributed by atoms with Gasteiger partial charge in [-0.3, -0.25) is 9.59 Å². The summed E-state index contributed by atoms with van der Waals surface area (Å²) in [5.74, 6) is -0.961. The minimum atomic E-state index is -0.303. The molecule has 0 N–H and O–H groups in total. The zero-order valence-electron chi connectivity index (χ0n) is 9.47. The van der Waals surface area contributed by atoms with E-state index < -0.39 is 0 Å². The second kappa shape index (κ2) is 4.41. The molecule has 2 aliphatic heterocycles. The van der Waals surface area contributed by atoms with E-state index in [1.54, 1.807) is 0 Å². The zero-order valence-corrected chi connectivity index (χ0v) is 9.47. The third kappa shape index (κ3) is 1.80. The Morgan fingerprint density at radius 1 is 1.19 bits per heavy atom. The van der Waals surface area contributed by atoms with Crippen molar-refractivity contribution in [1.29, 1.82) is 0 Å². The minimum Gasteiger partial charge on any atom is -0.469 e. The molecule has 0 aromatic rings. The van der Waals surface area contributed by atoms with Gasteiger partial charge in [-0.2, -0.15) is 0 Å². The number of ether oxygens (including phenoxy) is 3. The van der Waals surface area contributed by atoms with Gasteiger partial charge in [0.15, 0.2) is 0 Å². The van der Waals surface area contributed by atoms with Gasteiger partial charge < -0.3 is 14.2 Å². The standard InChI is InChI=1S/C11H16O5/c1-14-9(12)5-6-7-3-4-8(16-7)10(6)11(13)15-2/h6-8,10H,3-5H2,1-2H3. The van der Waals surface area contributed by atoms with Crippen LogP contribution < -0.4 is 0 Å². The van der Waals surface area contributed by atoms with Gasteiger partial charge in [0.05, 0.1) is 38.8 Å². The lowest BCUT2D eigenvalue weighted by Gasteiger charge is -2.24. The number of carbonyl (C=O) groups is 2. The SMILES string of the molecule is COC(=O)CC1C2CCC(O2)C1C(=O)OC. The summed E-state index contributed by atoms with van der Waals surface area (Å²) < 4.78 is 15.1. The summed E-state index contributed by atoms with van der Waals surface area (Å²) in [7, 11) is 2.72. The molecule has 5 heteroatoms. The highest BCUT2D eigenvalue weighted by Gasteiger charge is 2.53. The van der Waals surface area contributed by atoms with Gasteiger partial charge in [-0.25, -0.2) is 0 Å². The number of rotatable bonds is 3. The van der Waals surface area contributed by atoms with Gasteiger partial charge >= 0.3 is 11.9 Å². The van der Waals surface area contributed by atoms with Crippen LogP contribution in [0.5, 0.6) is 0 Å². The number of carbonyl (C=O) groups excluding carboxylic acids is 2. The van der Waals surface area contributed by atoms with E-state index in [0.29, 0.717) is 0 Å². The largest absolute Gasteiger partial charge is 0.469 e. The lowest BCUT2D eigenvalue weighted by molar-refractivity contribution is -0.150. The van der Waals surface area contributed by atoms with E-state index in [4.69, 9.17) is 9.47 Å². The molecule has 2 bridgehead atoms. The van der Waals surface area contributed by atoms with Crippen LogP contribution in [0.3, 0.4) is 0 Å². The van der Waals surface area contributed by atoms with Crippen molar-refractivity contribution in [3.8, 4) is 0 Å². The smallest absolute Gasteiger partial charge is 0.311 e. The van der Waals surface area contributed by atoms with Gasteiger partial charge in [-0.15, -0.1) is 0 Å². The van der Waals surface area contributed by atoms with Gasteiger partial charge in [0.2, 0.25) is 0 Å². The molecule has 0 aromatic carbocycles. The first-order valence-electron chi connectivity index (χ1n) is 5.47. The molecule has 2 heterocycles. The Morgan fingerprint density at radius 3 is 2.50 bits per heavy atom. The Morgan fingerprint density at radius 2 is 1.88 bits per heavy atom. The summed E-state index contributed by atoms with van der Waals surface area (Å²) in [4.78, 5) is 22.9. The van der Waals surface area contributed by atoms with Gasteiger partial charge in [0.25, 0.3) is 0 Å². The van der Waals surface area contributed by atoms with Gasteiger partial charge in [0, 0.05) is 5.92 Å². The predicted octanol–water partition coefficient (Wildman–Crippen LogP) is 0.516. The molecular weight excluding hydrogens is 212 g/mol. The maximum absolute atomic E-state index is 11.6. The third-order valence-electron chi connectivity index (χ3n) is 3.53. The molecule has 2 rings (SSSR count). The molecule has 16 heavy (non-hydrogen) atoms. The normalized spacial score (nSPS) is 36.1. The van der Waals surface area contributed by atoms with Crippen molar-refractivity contribution >= 4 is 11.9 Å². The second-order valence-electron chi connectivity index (χ2n) is 4.28. The Labute approximate surface area is 94.0 Å². The quantitative estimate of drug-likeness (QED) is 0.659. The molecule has 0 radical (unpaired) electrons. The summed E-state index contributed by atoms with van der Waals surface area (Å²) in [5.41, 5.74) is 0. The molecule has 90 valence electrons. The minimum absolute atomic E-state index is 0.00759. The second-order valence-corrected chi connectivity index (χ2v) is 4.28. The highest BCUT2D eigenvalue weighted by molar-refractivity contribution is 5.76. The number of hydrogen-bond donors (Lipinski definition) is 0. The Bertz CT molecular complexity index is 301. The van der Waals surface area contributed by atoms with Crippen molar-refractivity contribution in [2.24, 2.45) is 11.8 Å². The van der Waals surface area contributed by atoms with Crippen molar-refractivity contribution in [1.82, 2.24) is 0 Å². The molecule has 0 saturated carbocycles. The zero-order chi connectivity index (χ0) is 11.7. The highest BCUT2D eigenvalue weighted by Crippen LogP contribution is 2.45. The summed E-state index contributed by atoms with van der Waals surface area (Å²) in [5, 5.41) is 0. The summed E-state index contributed by atoms with van der Waals surface area (Å²) >= 11 is 0. The van der Waals surface area contributed by atoms with E-state index in [9.17, 15) is 9.59 Å². The van der Waals surface area contributed by atoms with Crippen molar-refractivity contribution in [3.63, 3.8) is 0 Å². The molecule has 0 amide bonds. The Hall–Kier alpha value is -1.10. The van der Waals surface area contributed by atoms with Crippen LogP contribution >= 0.6 is 0 Å². The van der Waals surface area contributed by atoms with Gasteiger partial charge in [0.1, 0.15) is 0 Å². The van der Waals surface area contributed by atoms with Gasteiger partial charge in [-0.05, 0) is 12.8 Å². The van der Waals surface area contributed by atoms with Crippen LogP contribution in [-0.2, 0) is 23.8 Å². The fourth-order valence-electron chi connectivity index (χ4n) is 2.77. The molecule has 0 spiro atoms. The molecule has 0 aliphatic carbocycles. The Kier molecular flexibility index (Phi) is 3.14. The maximum Gasteiger partial charge on any atom is 0.311 e. The predicted molar refractivity (Wildman–Crippen MR) is 53.5 cm³/mol. The van der Waals surface area contributed by atoms with Crippen LogP contribution in [0.25, 0.3) is 0 Å². The van der Waals surface area contributed by atoms with Crippen molar-refractivity contribution < 1.29 is 23.8 Å². The third-order valence-corrected chi connectivity index (χ3v) is 3.53. The molecular formula is C11H16O5. The molecule has 2 aliphatic rings. The summed E-state index contributed by atoms with van der Waals surface area (Å²) in [6.07, 6.45) is 1.96. The monoisotopic (exact) mass is 228 g/mol. The van der Waals surface area contributed by atoms with E-state index >= 15 is 0 Å². The number of hydrogen-bond acceptors (Lipinski definition) is 5. The van der Waals surface area contributed by atoms with Crippen LogP contribution in [0.2, 0.25) is 0 Å². The van der Waals surface area contributed by atoms with E-state index in [-0.39, 0.29) is 42.4 Å². The topological polar surface area (TPSA) is 61.8 Å². The first-order valence-corrected chi connectivity index (χ1v) is 5.47. The first kappa shape index (κ1) is 11.4. The van der Waals surface area contributed by atoms with Crippen molar-refractivity contribution in [3.05, 3.63) is 0 Å². The highest BCUT2D eigenvalue weighted by atomic mass is 16.5. The van der Waals surface area contributed by atoms with Gasteiger partial charge in [-0.1, -0.05) is 0 Å². The number of esters is 2. The summed E-state index contributed by atoms with van der Waals surface area (Å²) in [6.45, 7) is 0. The average molecular weight is 228 g/mol. The fourth-order valence-corrected chi connectivity index (χ4v) is 2.77. The molecule has 4 unspecified atom stereocenters. The van der Waals surface area contributed by atoms with Crippen LogP contribution in [-0.4, -0.2) is 38.4 Å². The van der Waals surface area contributed by atoms with Crippen LogP contribution in [0.1, 0.15) is 19.3 Å². The number of fused-ring (bicyclic) bond motifs is 2.